The predicted molar refractivity (Wildman–Crippen MR) is 115 cm³/mol. The Labute approximate surface area is 179 Å². The van der Waals surface area contributed by atoms with E-state index >= 15 is 0 Å². The topological polar surface area (TPSA) is 103 Å². The summed E-state index contributed by atoms with van der Waals surface area (Å²) in [5.41, 5.74) is 1.80. The fourth-order valence-electron chi connectivity index (χ4n) is 3.08. The van der Waals surface area contributed by atoms with Gasteiger partial charge in [0.25, 0.3) is 0 Å². The van der Waals surface area contributed by atoms with Crippen molar-refractivity contribution in [1.29, 1.82) is 0 Å². The molecule has 0 aliphatic rings. The maximum atomic E-state index is 12.7. The van der Waals surface area contributed by atoms with Gasteiger partial charge in [-0.25, -0.2) is 9.78 Å². The molecule has 30 heavy (non-hydrogen) atoms. The van der Waals surface area contributed by atoms with Gasteiger partial charge in [0.15, 0.2) is 0 Å². The summed E-state index contributed by atoms with van der Waals surface area (Å²) in [6.07, 6.45) is 5.92. The Kier molecular flexibility index (Phi) is 7.29. The van der Waals surface area contributed by atoms with Gasteiger partial charge in [-0.05, 0) is 18.6 Å². The van der Waals surface area contributed by atoms with Crippen molar-refractivity contribution >= 4 is 29.2 Å². The smallest absolute Gasteiger partial charge is 0.321 e. The summed E-state index contributed by atoms with van der Waals surface area (Å²) >= 11 is 6.61. The molecule has 2 atom stereocenters. The van der Waals surface area contributed by atoms with Gasteiger partial charge in [-0.2, -0.15) is 9.97 Å². The van der Waals surface area contributed by atoms with Gasteiger partial charge < -0.3 is 19.2 Å². The van der Waals surface area contributed by atoms with E-state index in [-0.39, 0.29) is 29.1 Å². The minimum atomic E-state index is -0.467. The zero-order valence-electron chi connectivity index (χ0n) is 17.1. The number of hydrogen-bond acceptors (Lipinski definition) is 6. The van der Waals surface area contributed by atoms with Crippen molar-refractivity contribution in [1.82, 2.24) is 24.7 Å². The summed E-state index contributed by atoms with van der Waals surface area (Å²) in [7, 11) is 2.95. The first kappa shape index (κ1) is 21.6. The number of nitrogens with one attached hydrogen (secondary N) is 2. The third-order valence-corrected chi connectivity index (χ3v) is 5.09. The predicted octanol–water partition coefficient (Wildman–Crippen LogP) is 3.28. The lowest BCUT2D eigenvalue weighted by Gasteiger charge is -2.23. The number of imidazole rings is 1. The molecule has 0 aliphatic heterocycles. The zero-order valence-corrected chi connectivity index (χ0v) is 17.9. The number of fused-ring (bicyclic) bond motifs is 1. The molecule has 3 aromatic rings. The van der Waals surface area contributed by atoms with E-state index in [1.807, 2.05) is 28.8 Å². The highest BCUT2D eigenvalue weighted by atomic mass is 35.5. The van der Waals surface area contributed by atoms with Crippen molar-refractivity contribution in [2.24, 2.45) is 0 Å². The molecule has 0 bridgehead atoms. The van der Waals surface area contributed by atoms with Crippen LogP contribution in [0.4, 0.5) is 10.7 Å². The largest absolute Gasteiger partial charge is 0.481 e. The number of carbonyl (C=O) groups is 1. The van der Waals surface area contributed by atoms with E-state index < -0.39 is 6.03 Å². The monoisotopic (exact) mass is 432 g/mol. The van der Waals surface area contributed by atoms with Gasteiger partial charge in [-0.1, -0.05) is 19.4 Å². The second kappa shape index (κ2) is 10.1. The van der Waals surface area contributed by atoms with Gasteiger partial charge in [0.1, 0.15) is 5.65 Å². The number of hydrogen-bond donors (Lipinski definition) is 2. The molecular formula is C20H25ClN6O3. The van der Waals surface area contributed by atoms with E-state index in [0.29, 0.717) is 6.42 Å². The Balaban J connectivity index is 1.75. The fraction of sp³-hybridized carbons (Fsp3) is 0.400. The summed E-state index contributed by atoms with van der Waals surface area (Å²) in [5, 5.41) is 5.31. The van der Waals surface area contributed by atoms with Crippen molar-refractivity contribution in [2.75, 3.05) is 19.5 Å². The molecule has 0 radical (unpaired) electrons. The van der Waals surface area contributed by atoms with Crippen LogP contribution in [0.25, 0.3) is 5.65 Å². The van der Waals surface area contributed by atoms with E-state index in [2.05, 4.69) is 32.5 Å². The van der Waals surface area contributed by atoms with Crippen LogP contribution in [-0.4, -0.2) is 51.0 Å². The SMILES string of the molecule is CCCC(Cl)C(Cc1cnc2ccccn12)NC(=O)Nc1nc(OC)cc(OC)n1. The maximum Gasteiger partial charge on any atom is 0.321 e. The van der Waals surface area contributed by atoms with Gasteiger partial charge in [0, 0.05) is 24.5 Å². The van der Waals surface area contributed by atoms with Crippen LogP contribution in [0.3, 0.4) is 0 Å². The lowest BCUT2D eigenvalue weighted by atomic mass is 10.0. The van der Waals surface area contributed by atoms with Crippen molar-refractivity contribution in [3.63, 3.8) is 0 Å². The number of carbonyl (C=O) groups excluding carboxylic acids is 1. The molecule has 3 aromatic heterocycles. The van der Waals surface area contributed by atoms with Gasteiger partial charge in [-0.3, -0.25) is 5.32 Å². The van der Waals surface area contributed by atoms with Gasteiger partial charge in [-0.15, -0.1) is 11.6 Å². The third kappa shape index (κ3) is 5.29. The molecular weight excluding hydrogens is 408 g/mol. The number of alkyl halides is 1. The van der Waals surface area contributed by atoms with Crippen LogP contribution in [0.1, 0.15) is 25.5 Å². The van der Waals surface area contributed by atoms with E-state index in [0.717, 1.165) is 24.2 Å². The molecule has 160 valence electrons. The Hall–Kier alpha value is -3.07. The van der Waals surface area contributed by atoms with Crippen LogP contribution in [0.2, 0.25) is 0 Å². The Bertz CT molecular complexity index is 973. The number of pyridine rings is 1. The summed E-state index contributed by atoms with van der Waals surface area (Å²) < 4.78 is 12.2. The highest BCUT2D eigenvalue weighted by molar-refractivity contribution is 6.21. The van der Waals surface area contributed by atoms with Crippen LogP contribution in [0, 0.1) is 0 Å². The minimum Gasteiger partial charge on any atom is -0.481 e. The fourth-order valence-corrected chi connectivity index (χ4v) is 3.45. The number of urea groups is 1. The summed E-state index contributed by atoms with van der Waals surface area (Å²) in [6, 6.07) is 6.53. The van der Waals surface area contributed by atoms with Crippen LogP contribution < -0.4 is 20.1 Å². The minimum absolute atomic E-state index is 0.0684. The van der Waals surface area contributed by atoms with Crippen LogP contribution >= 0.6 is 11.6 Å². The molecule has 2 unspecified atom stereocenters. The highest BCUT2D eigenvalue weighted by Crippen LogP contribution is 2.19. The average molecular weight is 433 g/mol. The summed E-state index contributed by atoms with van der Waals surface area (Å²) in [6.45, 7) is 2.05. The van der Waals surface area contributed by atoms with Gasteiger partial charge in [0.2, 0.25) is 17.7 Å². The number of halogens is 1. The lowest BCUT2D eigenvalue weighted by Crippen LogP contribution is -2.45. The maximum absolute atomic E-state index is 12.7. The molecule has 0 saturated carbocycles. The Morgan fingerprint density at radius 1 is 1.23 bits per heavy atom. The first-order chi connectivity index (χ1) is 14.5. The average Bonchev–Trinajstić information content (AvgIpc) is 3.16. The van der Waals surface area contributed by atoms with Crippen molar-refractivity contribution in [3.05, 3.63) is 42.4 Å². The van der Waals surface area contributed by atoms with E-state index in [1.54, 1.807) is 6.20 Å². The number of anilines is 1. The number of amides is 2. The number of methoxy groups -OCH3 is 2. The van der Waals surface area contributed by atoms with E-state index in [4.69, 9.17) is 21.1 Å². The number of rotatable bonds is 9. The van der Waals surface area contributed by atoms with Crippen molar-refractivity contribution in [3.8, 4) is 11.8 Å². The van der Waals surface area contributed by atoms with Crippen molar-refractivity contribution < 1.29 is 14.3 Å². The number of ether oxygens (including phenoxy) is 2. The molecule has 10 heteroatoms. The molecule has 9 nitrogen and oxygen atoms in total. The van der Waals surface area contributed by atoms with Gasteiger partial charge in [0.05, 0.1) is 31.7 Å². The normalized spacial score (nSPS) is 12.9. The van der Waals surface area contributed by atoms with Crippen LogP contribution in [0.15, 0.2) is 36.7 Å². The third-order valence-electron chi connectivity index (χ3n) is 4.56. The lowest BCUT2D eigenvalue weighted by molar-refractivity contribution is 0.247. The molecule has 0 fully saturated rings. The van der Waals surface area contributed by atoms with Crippen LogP contribution in [0.5, 0.6) is 11.8 Å². The quantitative estimate of drug-likeness (QED) is 0.503. The molecule has 2 N–H and O–H groups in total. The molecule has 3 rings (SSSR count). The zero-order chi connectivity index (χ0) is 21.5. The van der Waals surface area contributed by atoms with Crippen LogP contribution in [-0.2, 0) is 6.42 Å². The summed E-state index contributed by atoms with van der Waals surface area (Å²) in [4.78, 5) is 25.3. The first-order valence-electron chi connectivity index (χ1n) is 9.63. The van der Waals surface area contributed by atoms with E-state index in [1.165, 1.54) is 20.3 Å². The second-order valence-electron chi connectivity index (χ2n) is 6.67. The first-order valence-corrected chi connectivity index (χ1v) is 10.1. The summed E-state index contributed by atoms with van der Waals surface area (Å²) in [5.74, 6) is 0.625. The highest BCUT2D eigenvalue weighted by Gasteiger charge is 2.23. The molecule has 0 spiro atoms. The standard InChI is InChI=1S/C20H25ClN6O3/c1-4-7-14(21)15(10-13-12-22-16-8-5-6-9-27(13)16)23-20(28)26-19-24-17(29-2)11-18(25-19)30-3/h5-6,8-9,11-12,14-15H,4,7,10H2,1-3H3,(H2,23,24,25,26,28). The Morgan fingerprint density at radius 3 is 2.63 bits per heavy atom. The van der Waals surface area contributed by atoms with E-state index in [9.17, 15) is 4.79 Å². The molecule has 3 heterocycles. The second-order valence-corrected chi connectivity index (χ2v) is 7.23. The molecule has 0 aromatic carbocycles. The molecule has 0 saturated heterocycles. The number of nitrogens with zero attached hydrogens (tertiary/aromatic N) is 4. The van der Waals surface area contributed by atoms with Gasteiger partial charge >= 0.3 is 6.03 Å². The van der Waals surface area contributed by atoms with Crippen molar-refractivity contribution in [2.45, 2.75) is 37.6 Å². The Morgan fingerprint density at radius 2 is 1.97 bits per heavy atom. The molecule has 2 amide bonds. The molecule has 0 aliphatic carbocycles. The number of aromatic nitrogens is 4.